The standard InChI is InChI=1S/C15H20F3N/c1-10(12-3-4-12)9-19-11(2)13-5-7-14(8-6-13)15(16,17)18/h5-8,10-12,19H,3-4,9H2,1-2H3. The fraction of sp³-hybridized carbons (Fsp3) is 0.600. The van der Waals surface area contributed by atoms with Crippen molar-refractivity contribution in [3.05, 3.63) is 35.4 Å². The summed E-state index contributed by atoms with van der Waals surface area (Å²) < 4.78 is 37.4. The Balaban J connectivity index is 1.89. The SMILES string of the molecule is CC(NCC(C)C1CC1)c1ccc(C(F)(F)F)cc1. The summed E-state index contributed by atoms with van der Waals surface area (Å²) >= 11 is 0. The van der Waals surface area contributed by atoms with Gasteiger partial charge in [-0.3, -0.25) is 0 Å². The molecule has 19 heavy (non-hydrogen) atoms. The third-order valence-electron chi connectivity index (χ3n) is 3.91. The minimum absolute atomic E-state index is 0.0866. The fourth-order valence-electron chi connectivity index (χ4n) is 2.27. The van der Waals surface area contributed by atoms with Crippen LogP contribution in [0.1, 0.15) is 43.9 Å². The molecule has 0 amide bonds. The van der Waals surface area contributed by atoms with E-state index in [1.54, 1.807) is 12.1 Å². The zero-order valence-electron chi connectivity index (χ0n) is 11.3. The van der Waals surface area contributed by atoms with Crippen LogP contribution in [0, 0.1) is 11.8 Å². The maximum atomic E-state index is 12.5. The zero-order valence-corrected chi connectivity index (χ0v) is 11.3. The molecule has 1 aliphatic rings. The largest absolute Gasteiger partial charge is 0.416 e. The van der Waals surface area contributed by atoms with E-state index in [9.17, 15) is 13.2 Å². The van der Waals surface area contributed by atoms with Gasteiger partial charge in [0.25, 0.3) is 0 Å². The van der Waals surface area contributed by atoms with Crippen LogP contribution in [0.3, 0.4) is 0 Å². The van der Waals surface area contributed by atoms with Crippen LogP contribution < -0.4 is 5.32 Å². The Kier molecular flexibility index (Phi) is 4.19. The quantitative estimate of drug-likeness (QED) is 0.836. The molecule has 1 nitrogen and oxygen atoms in total. The first kappa shape index (κ1) is 14.4. The van der Waals surface area contributed by atoms with Gasteiger partial charge in [-0.05, 0) is 55.8 Å². The van der Waals surface area contributed by atoms with E-state index in [-0.39, 0.29) is 6.04 Å². The Morgan fingerprint density at radius 3 is 2.21 bits per heavy atom. The van der Waals surface area contributed by atoms with Crippen LogP contribution in [0.2, 0.25) is 0 Å². The van der Waals surface area contributed by atoms with Gasteiger partial charge in [0.1, 0.15) is 0 Å². The summed E-state index contributed by atoms with van der Waals surface area (Å²) in [6, 6.07) is 5.50. The monoisotopic (exact) mass is 271 g/mol. The van der Waals surface area contributed by atoms with Crippen LogP contribution in [0.5, 0.6) is 0 Å². The minimum Gasteiger partial charge on any atom is -0.310 e. The Morgan fingerprint density at radius 1 is 1.16 bits per heavy atom. The molecular formula is C15H20F3N. The molecule has 0 saturated heterocycles. The Labute approximate surface area is 112 Å². The summed E-state index contributed by atoms with van der Waals surface area (Å²) in [5.74, 6) is 1.49. The number of hydrogen-bond donors (Lipinski definition) is 1. The van der Waals surface area contributed by atoms with Crippen molar-refractivity contribution in [1.29, 1.82) is 0 Å². The maximum Gasteiger partial charge on any atom is 0.416 e. The molecule has 0 aromatic heterocycles. The number of halogens is 3. The van der Waals surface area contributed by atoms with Gasteiger partial charge in [-0.2, -0.15) is 13.2 Å². The van der Waals surface area contributed by atoms with E-state index in [1.807, 2.05) is 6.92 Å². The van der Waals surface area contributed by atoms with Gasteiger partial charge in [0.05, 0.1) is 5.56 Å². The summed E-state index contributed by atoms with van der Waals surface area (Å²) in [7, 11) is 0. The first-order valence-electron chi connectivity index (χ1n) is 6.78. The highest BCUT2D eigenvalue weighted by Gasteiger charge is 2.30. The molecule has 1 saturated carbocycles. The number of hydrogen-bond acceptors (Lipinski definition) is 1. The van der Waals surface area contributed by atoms with E-state index in [1.165, 1.54) is 12.8 Å². The van der Waals surface area contributed by atoms with Gasteiger partial charge in [0, 0.05) is 6.04 Å². The lowest BCUT2D eigenvalue weighted by molar-refractivity contribution is -0.137. The summed E-state index contributed by atoms with van der Waals surface area (Å²) in [5, 5.41) is 3.40. The molecule has 0 bridgehead atoms. The molecule has 4 heteroatoms. The molecule has 1 N–H and O–H groups in total. The second-order valence-electron chi connectivity index (χ2n) is 5.56. The fourth-order valence-corrected chi connectivity index (χ4v) is 2.27. The zero-order chi connectivity index (χ0) is 14.0. The van der Waals surface area contributed by atoms with Gasteiger partial charge in [-0.15, -0.1) is 0 Å². The molecule has 0 heterocycles. The number of rotatable bonds is 5. The lowest BCUT2D eigenvalue weighted by Gasteiger charge is -2.18. The Morgan fingerprint density at radius 2 is 1.74 bits per heavy atom. The topological polar surface area (TPSA) is 12.0 Å². The molecule has 1 aliphatic carbocycles. The number of nitrogens with one attached hydrogen (secondary N) is 1. The molecule has 1 fully saturated rings. The second kappa shape index (κ2) is 5.53. The smallest absolute Gasteiger partial charge is 0.310 e. The van der Waals surface area contributed by atoms with E-state index in [2.05, 4.69) is 12.2 Å². The second-order valence-corrected chi connectivity index (χ2v) is 5.56. The molecule has 2 rings (SSSR count). The van der Waals surface area contributed by atoms with Gasteiger partial charge in [-0.1, -0.05) is 19.1 Å². The molecule has 1 aromatic carbocycles. The molecule has 2 atom stereocenters. The van der Waals surface area contributed by atoms with Gasteiger partial charge in [0.2, 0.25) is 0 Å². The lowest BCUT2D eigenvalue weighted by atomic mass is 10.0. The average molecular weight is 271 g/mol. The Bertz CT molecular complexity index is 406. The summed E-state index contributed by atoms with van der Waals surface area (Å²) in [4.78, 5) is 0. The molecular weight excluding hydrogens is 251 g/mol. The van der Waals surface area contributed by atoms with Crippen molar-refractivity contribution in [1.82, 2.24) is 5.32 Å². The van der Waals surface area contributed by atoms with E-state index in [0.29, 0.717) is 5.92 Å². The van der Waals surface area contributed by atoms with Crippen LogP contribution in [-0.4, -0.2) is 6.54 Å². The van der Waals surface area contributed by atoms with Gasteiger partial charge < -0.3 is 5.32 Å². The van der Waals surface area contributed by atoms with Crippen LogP contribution in [0.25, 0.3) is 0 Å². The van der Waals surface area contributed by atoms with E-state index < -0.39 is 11.7 Å². The Hall–Kier alpha value is -1.03. The van der Waals surface area contributed by atoms with E-state index >= 15 is 0 Å². The van der Waals surface area contributed by atoms with Crippen molar-refractivity contribution in [3.63, 3.8) is 0 Å². The molecule has 0 spiro atoms. The van der Waals surface area contributed by atoms with Crippen LogP contribution in [0.4, 0.5) is 13.2 Å². The highest BCUT2D eigenvalue weighted by Crippen LogP contribution is 2.36. The molecule has 1 aromatic rings. The summed E-state index contributed by atoms with van der Waals surface area (Å²) in [6.45, 7) is 5.14. The van der Waals surface area contributed by atoms with Gasteiger partial charge in [0.15, 0.2) is 0 Å². The van der Waals surface area contributed by atoms with Crippen molar-refractivity contribution in [2.75, 3.05) is 6.54 Å². The van der Waals surface area contributed by atoms with Crippen molar-refractivity contribution in [2.45, 2.75) is 38.9 Å². The molecule has 106 valence electrons. The summed E-state index contributed by atoms with van der Waals surface area (Å²) in [5.41, 5.74) is 0.311. The molecule has 0 aliphatic heterocycles. The van der Waals surface area contributed by atoms with Crippen molar-refractivity contribution in [3.8, 4) is 0 Å². The van der Waals surface area contributed by atoms with Gasteiger partial charge >= 0.3 is 6.18 Å². The maximum absolute atomic E-state index is 12.5. The first-order valence-corrected chi connectivity index (χ1v) is 6.78. The van der Waals surface area contributed by atoms with Gasteiger partial charge in [-0.25, -0.2) is 0 Å². The van der Waals surface area contributed by atoms with E-state index in [0.717, 1.165) is 30.2 Å². The van der Waals surface area contributed by atoms with Crippen molar-refractivity contribution in [2.24, 2.45) is 11.8 Å². The average Bonchev–Trinajstić information content (AvgIpc) is 3.19. The predicted octanol–water partition coefficient (Wildman–Crippen LogP) is 4.40. The van der Waals surface area contributed by atoms with Crippen molar-refractivity contribution >= 4 is 0 Å². The minimum atomic E-state index is -4.25. The third kappa shape index (κ3) is 3.96. The molecule has 2 unspecified atom stereocenters. The van der Waals surface area contributed by atoms with Crippen LogP contribution in [0.15, 0.2) is 24.3 Å². The lowest BCUT2D eigenvalue weighted by Crippen LogP contribution is -2.25. The third-order valence-corrected chi connectivity index (χ3v) is 3.91. The van der Waals surface area contributed by atoms with Crippen molar-refractivity contribution < 1.29 is 13.2 Å². The van der Waals surface area contributed by atoms with E-state index in [4.69, 9.17) is 0 Å². The molecule has 0 radical (unpaired) electrons. The highest BCUT2D eigenvalue weighted by molar-refractivity contribution is 5.26. The number of benzene rings is 1. The van der Waals surface area contributed by atoms with Crippen LogP contribution >= 0.6 is 0 Å². The number of alkyl halides is 3. The van der Waals surface area contributed by atoms with Crippen LogP contribution in [-0.2, 0) is 6.18 Å². The first-order chi connectivity index (χ1) is 8.88. The predicted molar refractivity (Wildman–Crippen MR) is 69.7 cm³/mol. The summed E-state index contributed by atoms with van der Waals surface area (Å²) in [6.07, 6.45) is -1.62. The normalized spacial score (nSPS) is 19.2. The highest BCUT2D eigenvalue weighted by atomic mass is 19.4.